The van der Waals surface area contributed by atoms with Crippen molar-refractivity contribution in [3.63, 3.8) is 0 Å². The van der Waals surface area contributed by atoms with Gasteiger partial charge in [0.15, 0.2) is 0 Å². The van der Waals surface area contributed by atoms with E-state index in [9.17, 15) is 17.6 Å². The van der Waals surface area contributed by atoms with Crippen LogP contribution in [0.5, 0.6) is 0 Å². The molecule has 1 aliphatic carbocycles. The lowest BCUT2D eigenvalue weighted by Crippen LogP contribution is -2.24. The molecule has 0 N–H and O–H groups in total. The lowest BCUT2D eigenvalue weighted by molar-refractivity contribution is 0.0155. The lowest BCUT2D eigenvalue weighted by Gasteiger charge is -2.26. The maximum atomic E-state index is 13.4. The maximum absolute atomic E-state index is 13.4. The van der Waals surface area contributed by atoms with Crippen molar-refractivity contribution in [3.05, 3.63) is 29.6 Å². The van der Waals surface area contributed by atoms with E-state index in [1.807, 2.05) is 0 Å². The van der Waals surface area contributed by atoms with Crippen molar-refractivity contribution >= 4 is 25.7 Å². The van der Waals surface area contributed by atoms with E-state index in [2.05, 4.69) is 6.92 Å². The molecule has 1 aliphatic rings. The standard InChI is InChI=1S/C14H16ClFO4S/c1-9-3-2-4-11(7-9)20-14(17)10-5-6-12(16)13(8-10)21(15,18)19/h5-6,8-9,11H,2-4,7H2,1H3. The van der Waals surface area contributed by atoms with Crippen molar-refractivity contribution < 1.29 is 22.3 Å². The normalized spacial score (nSPS) is 22.8. The molecule has 0 bridgehead atoms. The third kappa shape index (κ3) is 4.17. The van der Waals surface area contributed by atoms with Gasteiger partial charge in [0.25, 0.3) is 9.05 Å². The number of esters is 1. The van der Waals surface area contributed by atoms with Crippen LogP contribution in [0, 0.1) is 11.7 Å². The summed E-state index contributed by atoms with van der Waals surface area (Å²) in [6, 6.07) is 3.00. The summed E-state index contributed by atoms with van der Waals surface area (Å²) in [5.41, 5.74) is -0.0196. The molecule has 2 rings (SSSR count). The summed E-state index contributed by atoms with van der Waals surface area (Å²) in [7, 11) is 0.890. The SMILES string of the molecule is CC1CCCC(OC(=O)c2ccc(F)c(S(=O)(=O)Cl)c2)C1. The highest BCUT2D eigenvalue weighted by Crippen LogP contribution is 2.27. The molecular formula is C14H16ClFO4S. The van der Waals surface area contributed by atoms with E-state index in [1.165, 1.54) is 6.07 Å². The Morgan fingerprint density at radius 3 is 2.71 bits per heavy atom. The predicted octanol–water partition coefficient (Wildman–Crippen LogP) is 3.49. The molecule has 2 atom stereocenters. The molecule has 116 valence electrons. The Morgan fingerprint density at radius 1 is 1.38 bits per heavy atom. The Bertz CT molecular complexity index is 644. The van der Waals surface area contributed by atoms with Gasteiger partial charge >= 0.3 is 5.97 Å². The van der Waals surface area contributed by atoms with Gasteiger partial charge in [-0.2, -0.15) is 0 Å². The van der Waals surface area contributed by atoms with E-state index in [1.54, 1.807) is 0 Å². The van der Waals surface area contributed by atoms with Gasteiger partial charge in [0, 0.05) is 10.7 Å². The van der Waals surface area contributed by atoms with Gasteiger partial charge in [-0.1, -0.05) is 13.3 Å². The number of carbonyl (C=O) groups is 1. The van der Waals surface area contributed by atoms with Gasteiger partial charge in [0.1, 0.15) is 16.8 Å². The van der Waals surface area contributed by atoms with Crippen molar-refractivity contribution in [1.82, 2.24) is 0 Å². The van der Waals surface area contributed by atoms with Gasteiger partial charge in [-0.25, -0.2) is 17.6 Å². The molecule has 0 radical (unpaired) electrons. The number of carbonyl (C=O) groups excluding carboxylic acids is 1. The van der Waals surface area contributed by atoms with E-state index in [-0.39, 0.29) is 11.7 Å². The fourth-order valence-electron chi connectivity index (χ4n) is 2.52. The van der Waals surface area contributed by atoms with E-state index >= 15 is 0 Å². The molecule has 0 heterocycles. The second-order valence-electron chi connectivity index (χ2n) is 5.38. The summed E-state index contributed by atoms with van der Waals surface area (Å²) in [6.07, 6.45) is 3.50. The molecule has 4 nitrogen and oxygen atoms in total. The first kappa shape index (κ1) is 16.2. The summed E-state index contributed by atoms with van der Waals surface area (Å²) >= 11 is 0. The van der Waals surface area contributed by atoms with Crippen molar-refractivity contribution in [3.8, 4) is 0 Å². The van der Waals surface area contributed by atoms with Gasteiger partial charge in [0.05, 0.1) is 5.56 Å². The molecule has 0 amide bonds. The topological polar surface area (TPSA) is 60.4 Å². The van der Waals surface area contributed by atoms with Gasteiger partial charge < -0.3 is 4.74 Å². The number of hydrogen-bond acceptors (Lipinski definition) is 4. The summed E-state index contributed by atoms with van der Waals surface area (Å²) < 4.78 is 41.2. The van der Waals surface area contributed by atoms with E-state index in [0.29, 0.717) is 5.92 Å². The number of benzene rings is 1. The van der Waals surface area contributed by atoms with Gasteiger partial charge in [-0.05, 0) is 43.4 Å². The fourth-order valence-corrected chi connectivity index (χ4v) is 3.45. The monoisotopic (exact) mass is 334 g/mol. The van der Waals surface area contributed by atoms with Crippen LogP contribution < -0.4 is 0 Å². The van der Waals surface area contributed by atoms with E-state index < -0.39 is 25.7 Å². The Labute approximate surface area is 127 Å². The Morgan fingerprint density at radius 2 is 2.10 bits per heavy atom. The van der Waals surface area contributed by atoms with E-state index in [0.717, 1.165) is 37.8 Å². The molecule has 0 aromatic heterocycles. The number of halogens is 2. The van der Waals surface area contributed by atoms with Crippen LogP contribution in [0.15, 0.2) is 23.1 Å². The third-order valence-corrected chi connectivity index (χ3v) is 4.93. The van der Waals surface area contributed by atoms with Gasteiger partial charge in [-0.15, -0.1) is 0 Å². The third-order valence-electron chi connectivity index (χ3n) is 3.59. The Hall–Kier alpha value is -1.14. The molecule has 1 fully saturated rings. The van der Waals surface area contributed by atoms with Crippen LogP contribution in [0.3, 0.4) is 0 Å². The molecule has 21 heavy (non-hydrogen) atoms. The van der Waals surface area contributed by atoms with Crippen LogP contribution in [-0.2, 0) is 13.8 Å². The molecule has 1 aromatic carbocycles. The molecule has 0 spiro atoms. The minimum absolute atomic E-state index is 0.0196. The molecule has 1 aromatic rings. The second kappa shape index (κ2) is 6.32. The summed E-state index contributed by atoms with van der Waals surface area (Å²) in [6.45, 7) is 2.09. The zero-order chi connectivity index (χ0) is 15.6. The van der Waals surface area contributed by atoms with Crippen LogP contribution >= 0.6 is 10.7 Å². The summed E-state index contributed by atoms with van der Waals surface area (Å²) in [4.78, 5) is 11.3. The van der Waals surface area contributed by atoms with Crippen LogP contribution in [0.25, 0.3) is 0 Å². The smallest absolute Gasteiger partial charge is 0.338 e. The van der Waals surface area contributed by atoms with Crippen molar-refractivity contribution in [2.75, 3.05) is 0 Å². The van der Waals surface area contributed by atoms with Crippen molar-refractivity contribution in [2.24, 2.45) is 5.92 Å². The fraction of sp³-hybridized carbons (Fsp3) is 0.500. The van der Waals surface area contributed by atoms with Crippen molar-refractivity contribution in [2.45, 2.75) is 43.6 Å². The number of ether oxygens (including phenoxy) is 1. The molecule has 7 heteroatoms. The molecule has 2 unspecified atom stereocenters. The molecule has 0 aliphatic heterocycles. The zero-order valence-corrected chi connectivity index (χ0v) is 13.1. The average molecular weight is 335 g/mol. The van der Waals surface area contributed by atoms with Crippen LogP contribution in [-0.4, -0.2) is 20.5 Å². The average Bonchev–Trinajstić information content (AvgIpc) is 2.37. The second-order valence-corrected chi connectivity index (χ2v) is 7.92. The van der Waals surface area contributed by atoms with Crippen LogP contribution in [0.4, 0.5) is 4.39 Å². The number of rotatable bonds is 3. The first-order valence-electron chi connectivity index (χ1n) is 6.72. The van der Waals surface area contributed by atoms with Gasteiger partial charge in [-0.3, -0.25) is 0 Å². The zero-order valence-electron chi connectivity index (χ0n) is 11.5. The highest BCUT2D eigenvalue weighted by atomic mass is 35.7. The van der Waals surface area contributed by atoms with Gasteiger partial charge in [0.2, 0.25) is 0 Å². The first-order chi connectivity index (χ1) is 9.77. The largest absolute Gasteiger partial charge is 0.459 e. The Kier molecular flexibility index (Phi) is 4.88. The quantitative estimate of drug-likeness (QED) is 0.627. The Balaban J connectivity index is 2.16. The molecular weight excluding hydrogens is 319 g/mol. The minimum atomic E-state index is -4.24. The maximum Gasteiger partial charge on any atom is 0.338 e. The molecule has 1 saturated carbocycles. The first-order valence-corrected chi connectivity index (χ1v) is 9.03. The predicted molar refractivity (Wildman–Crippen MR) is 76.3 cm³/mol. The van der Waals surface area contributed by atoms with Crippen molar-refractivity contribution in [1.29, 1.82) is 0 Å². The van der Waals surface area contributed by atoms with Crippen LogP contribution in [0.1, 0.15) is 43.0 Å². The number of hydrogen-bond donors (Lipinski definition) is 0. The lowest BCUT2D eigenvalue weighted by atomic mass is 9.89. The summed E-state index contributed by atoms with van der Waals surface area (Å²) in [5.74, 6) is -1.16. The highest BCUT2D eigenvalue weighted by Gasteiger charge is 2.24. The highest BCUT2D eigenvalue weighted by molar-refractivity contribution is 8.13. The minimum Gasteiger partial charge on any atom is -0.459 e. The summed E-state index contributed by atoms with van der Waals surface area (Å²) in [5, 5.41) is 0. The molecule has 0 saturated heterocycles. The van der Waals surface area contributed by atoms with E-state index in [4.69, 9.17) is 15.4 Å². The van der Waals surface area contributed by atoms with Crippen LogP contribution in [0.2, 0.25) is 0 Å².